The fraction of sp³-hybridized carbons (Fsp3) is 0.455. The lowest BCUT2D eigenvalue weighted by atomic mass is 10.3. The van der Waals surface area contributed by atoms with Crippen molar-refractivity contribution in [3.63, 3.8) is 0 Å². The third kappa shape index (κ3) is 4.62. The summed E-state index contributed by atoms with van der Waals surface area (Å²) in [5.74, 6) is 0.195. The zero-order valence-corrected chi connectivity index (χ0v) is 10.4. The highest BCUT2D eigenvalue weighted by molar-refractivity contribution is 9.10. The monoisotopic (exact) mass is 276 g/mol. The van der Waals surface area contributed by atoms with E-state index in [0.29, 0.717) is 19.0 Å². The molecule has 1 aromatic carbocycles. The van der Waals surface area contributed by atoms with E-state index in [1.807, 2.05) is 13.8 Å². The van der Waals surface area contributed by atoms with Crippen LogP contribution in [-0.2, 0) is 4.74 Å². The van der Waals surface area contributed by atoms with Crippen molar-refractivity contribution in [3.8, 4) is 5.75 Å². The Bertz CT molecular complexity index is 315. The van der Waals surface area contributed by atoms with Crippen molar-refractivity contribution in [2.24, 2.45) is 0 Å². The van der Waals surface area contributed by atoms with E-state index >= 15 is 0 Å². The summed E-state index contributed by atoms with van der Waals surface area (Å²) in [6.07, 6.45) is 0.185. The largest absolute Gasteiger partial charge is 0.490 e. The summed E-state index contributed by atoms with van der Waals surface area (Å²) in [7, 11) is 0. The first-order chi connectivity index (χ1) is 7.09. The molecule has 0 atom stereocenters. The van der Waals surface area contributed by atoms with Crippen molar-refractivity contribution in [2.45, 2.75) is 20.0 Å². The van der Waals surface area contributed by atoms with E-state index in [1.165, 1.54) is 12.1 Å². The Morgan fingerprint density at radius 3 is 2.73 bits per heavy atom. The third-order valence-electron chi connectivity index (χ3n) is 1.69. The molecule has 4 heteroatoms. The first-order valence-corrected chi connectivity index (χ1v) is 5.58. The average Bonchev–Trinajstić information content (AvgIpc) is 2.17. The van der Waals surface area contributed by atoms with E-state index < -0.39 is 0 Å². The van der Waals surface area contributed by atoms with Crippen molar-refractivity contribution in [1.82, 2.24) is 0 Å². The zero-order valence-electron chi connectivity index (χ0n) is 8.80. The molecule has 2 nitrogen and oxygen atoms in total. The smallest absolute Gasteiger partial charge is 0.136 e. The van der Waals surface area contributed by atoms with Crippen LogP contribution >= 0.6 is 15.9 Å². The fourth-order valence-corrected chi connectivity index (χ4v) is 1.38. The quantitative estimate of drug-likeness (QED) is 0.768. The van der Waals surface area contributed by atoms with Gasteiger partial charge in [-0.15, -0.1) is 0 Å². The minimum absolute atomic E-state index is 0.185. The SMILES string of the molecule is CC(C)OCCOc1cc(F)ccc1Br. The van der Waals surface area contributed by atoms with Crippen molar-refractivity contribution in [1.29, 1.82) is 0 Å². The maximum Gasteiger partial charge on any atom is 0.136 e. The summed E-state index contributed by atoms with van der Waals surface area (Å²) >= 11 is 3.28. The fourth-order valence-electron chi connectivity index (χ4n) is 1.02. The first-order valence-electron chi connectivity index (χ1n) is 4.79. The second kappa shape index (κ2) is 6.08. The standard InChI is InChI=1S/C11H14BrFO2/c1-8(2)14-5-6-15-11-7-9(13)3-4-10(11)12/h3-4,7-8H,5-6H2,1-2H3. The molecule has 0 fully saturated rings. The molecule has 15 heavy (non-hydrogen) atoms. The second-order valence-corrected chi connectivity index (χ2v) is 4.20. The van der Waals surface area contributed by atoms with Crippen molar-refractivity contribution in [2.75, 3.05) is 13.2 Å². The van der Waals surface area contributed by atoms with Crippen LogP contribution < -0.4 is 4.74 Å². The Kier molecular flexibility index (Phi) is 5.05. The summed E-state index contributed by atoms with van der Waals surface area (Å²) < 4.78 is 24.3. The van der Waals surface area contributed by atoms with Gasteiger partial charge in [-0.2, -0.15) is 0 Å². The number of hydrogen-bond donors (Lipinski definition) is 0. The molecule has 0 unspecified atom stereocenters. The van der Waals surface area contributed by atoms with Gasteiger partial charge in [0.2, 0.25) is 0 Å². The molecular formula is C11H14BrFO2. The molecule has 0 saturated carbocycles. The molecule has 0 aliphatic carbocycles. The number of benzene rings is 1. The molecule has 0 spiro atoms. The highest BCUT2D eigenvalue weighted by Gasteiger charge is 2.02. The molecule has 0 aliphatic rings. The molecule has 0 bridgehead atoms. The van der Waals surface area contributed by atoms with Crippen LogP contribution in [0.15, 0.2) is 22.7 Å². The van der Waals surface area contributed by atoms with Crippen LogP contribution in [0.25, 0.3) is 0 Å². The Hall–Kier alpha value is -0.610. The zero-order chi connectivity index (χ0) is 11.3. The third-order valence-corrected chi connectivity index (χ3v) is 2.34. The Labute approximate surface area is 97.5 Å². The number of rotatable bonds is 5. The molecule has 0 amide bonds. The summed E-state index contributed by atoms with van der Waals surface area (Å²) in [5.41, 5.74) is 0. The van der Waals surface area contributed by atoms with Crippen LogP contribution in [0.4, 0.5) is 4.39 Å². The van der Waals surface area contributed by atoms with Gasteiger partial charge in [-0.3, -0.25) is 0 Å². The van der Waals surface area contributed by atoms with Gasteiger partial charge in [0.05, 0.1) is 17.2 Å². The maximum absolute atomic E-state index is 12.9. The Balaban J connectivity index is 2.40. The van der Waals surface area contributed by atoms with E-state index in [4.69, 9.17) is 9.47 Å². The molecular weight excluding hydrogens is 263 g/mol. The lowest BCUT2D eigenvalue weighted by molar-refractivity contribution is 0.0550. The van der Waals surface area contributed by atoms with Crippen LogP contribution in [0.1, 0.15) is 13.8 Å². The van der Waals surface area contributed by atoms with Crippen LogP contribution in [0, 0.1) is 5.82 Å². The molecule has 0 N–H and O–H groups in total. The van der Waals surface area contributed by atoms with Crippen LogP contribution in [0.3, 0.4) is 0 Å². The van der Waals surface area contributed by atoms with Gasteiger partial charge in [0.15, 0.2) is 0 Å². The molecule has 1 rings (SSSR count). The summed E-state index contributed by atoms with van der Waals surface area (Å²) in [6.45, 7) is 4.83. The molecule has 0 radical (unpaired) electrons. The van der Waals surface area contributed by atoms with Gasteiger partial charge in [-0.05, 0) is 41.9 Å². The van der Waals surface area contributed by atoms with Gasteiger partial charge < -0.3 is 9.47 Å². The molecule has 84 valence electrons. The summed E-state index contributed by atoms with van der Waals surface area (Å²) in [5, 5.41) is 0. The number of hydrogen-bond acceptors (Lipinski definition) is 2. The lowest BCUT2D eigenvalue weighted by Gasteiger charge is -2.10. The van der Waals surface area contributed by atoms with Gasteiger partial charge in [0.25, 0.3) is 0 Å². The van der Waals surface area contributed by atoms with Gasteiger partial charge in [-0.25, -0.2) is 4.39 Å². The van der Waals surface area contributed by atoms with Gasteiger partial charge in [-0.1, -0.05) is 0 Å². The molecule has 0 aromatic heterocycles. The van der Waals surface area contributed by atoms with Gasteiger partial charge in [0.1, 0.15) is 18.2 Å². The predicted octanol–water partition coefficient (Wildman–Crippen LogP) is 3.39. The highest BCUT2D eigenvalue weighted by Crippen LogP contribution is 2.25. The number of ether oxygens (including phenoxy) is 2. The molecule has 0 saturated heterocycles. The van der Waals surface area contributed by atoms with E-state index in [0.717, 1.165) is 4.47 Å². The minimum Gasteiger partial charge on any atom is -0.490 e. The second-order valence-electron chi connectivity index (χ2n) is 3.34. The summed E-state index contributed by atoms with van der Waals surface area (Å²) in [4.78, 5) is 0. The Morgan fingerprint density at radius 1 is 1.33 bits per heavy atom. The van der Waals surface area contributed by atoms with E-state index in [-0.39, 0.29) is 11.9 Å². The van der Waals surface area contributed by atoms with Gasteiger partial charge in [0, 0.05) is 6.07 Å². The maximum atomic E-state index is 12.9. The highest BCUT2D eigenvalue weighted by atomic mass is 79.9. The van der Waals surface area contributed by atoms with Gasteiger partial charge >= 0.3 is 0 Å². The van der Waals surface area contributed by atoms with Crippen LogP contribution in [-0.4, -0.2) is 19.3 Å². The Morgan fingerprint density at radius 2 is 2.07 bits per heavy atom. The minimum atomic E-state index is -0.307. The number of halogens is 2. The predicted molar refractivity (Wildman–Crippen MR) is 60.7 cm³/mol. The van der Waals surface area contributed by atoms with E-state index in [9.17, 15) is 4.39 Å². The van der Waals surface area contributed by atoms with Crippen molar-refractivity contribution >= 4 is 15.9 Å². The van der Waals surface area contributed by atoms with Crippen LogP contribution in [0.5, 0.6) is 5.75 Å². The van der Waals surface area contributed by atoms with Crippen LogP contribution in [0.2, 0.25) is 0 Å². The summed E-state index contributed by atoms with van der Waals surface area (Å²) in [6, 6.07) is 4.34. The molecule has 1 aromatic rings. The topological polar surface area (TPSA) is 18.5 Å². The van der Waals surface area contributed by atoms with E-state index in [1.54, 1.807) is 6.07 Å². The van der Waals surface area contributed by atoms with E-state index in [2.05, 4.69) is 15.9 Å². The lowest BCUT2D eigenvalue weighted by Crippen LogP contribution is -2.11. The molecule has 0 aliphatic heterocycles. The van der Waals surface area contributed by atoms with Crippen molar-refractivity contribution in [3.05, 3.63) is 28.5 Å². The molecule has 0 heterocycles. The van der Waals surface area contributed by atoms with Crippen molar-refractivity contribution < 1.29 is 13.9 Å². The average molecular weight is 277 g/mol. The first kappa shape index (κ1) is 12.5. The normalized spacial score (nSPS) is 10.7.